The average Bonchev–Trinajstić information content (AvgIpc) is 2.34. The fraction of sp³-hybridized carbons (Fsp3) is 0.600. The van der Waals surface area contributed by atoms with Gasteiger partial charge in [0.25, 0.3) is 0 Å². The van der Waals surface area contributed by atoms with E-state index in [9.17, 15) is 0 Å². The van der Waals surface area contributed by atoms with Crippen molar-refractivity contribution in [1.29, 1.82) is 0 Å². The zero-order valence-electron chi connectivity index (χ0n) is 11.6. The Hall–Kier alpha value is -1.02. The van der Waals surface area contributed by atoms with Gasteiger partial charge >= 0.3 is 0 Å². The van der Waals surface area contributed by atoms with E-state index in [0.717, 1.165) is 6.54 Å². The fourth-order valence-corrected chi connectivity index (χ4v) is 1.77. The maximum absolute atomic E-state index is 3.55. The molecule has 0 aliphatic rings. The van der Waals surface area contributed by atoms with Crippen molar-refractivity contribution in [3.8, 4) is 0 Å². The van der Waals surface area contributed by atoms with Crippen molar-refractivity contribution in [3.05, 3.63) is 29.8 Å². The summed E-state index contributed by atoms with van der Waals surface area (Å²) >= 11 is 0. The van der Waals surface area contributed by atoms with Crippen LogP contribution in [0.2, 0.25) is 0 Å². The van der Waals surface area contributed by atoms with Crippen molar-refractivity contribution < 1.29 is 0 Å². The molecule has 2 N–H and O–H groups in total. The monoisotopic (exact) mass is 234 g/mol. The van der Waals surface area contributed by atoms with Gasteiger partial charge in [-0.3, -0.25) is 0 Å². The Balaban J connectivity index is 2.49. The Morgan fingerprint density at radius 2 is 1.59 bits per heavy atom. The van der Waals surface area contributed by atoms with Gasteiger partial charge in [-0.2, -0.15) is 0 Å². The second-order valence-electron chi connectivity index (χ2n) is 4.89. The lowest BCUT2D eigenvalue weighted by Gasteiger charge is -2.16. The lowest BCUT2D eigenvalue weighted by Crippen LogP contribution is -2.21. The zero-order valence-corrected chi connectivity index (χ0v) is 11.6. The van der Waals surface area contributed by atoms with E-state index >= 15 is 0 Å². The zero-order chi connectivity index (χ0) is 12.7. The molecule has 1 aromatic carbocycles. The van der Waals surface area contributed by atoms with Crippen LogP contribution in [0.4, 0.5) is 5.69 Å². The van der Waals surface area contributed by atoms with Gasteiger partial charge in [-0.25, -0.2) is 0 Å². The molecule has 0 saturated heterocycles. The van der Waals surface area contributed by atoms with E-state index in [4.69, 9.17) is 0 Å². The number of hydrogen-bond donors (Lipinski definition) is 2. The van der Waals surface area contributed by atoms with E-state index in [-0.39, 0.29) is 0 Å². The van der Waals surface area contributed by atoms with Crippen LogP contribution in [0.1, 0.15) is 46.1 Å². The molecule has 0 fully saturated rings. The second-order valence-corrected chi connectivity index (χ2v) is 4.89. The molecule has 1 rings (SSSR count). The van der Waals surface area contributed by atoms with E-state index in [2.05, 4.69) is 62.6 Å². The highest BCUT2D eigenvalue weighted by molar-refractivity contribution is 5.45. The summed E-state index contributed by atoms with van der Waals surface area (Å²) in [6.07, 6.45) is 2.35. The third kappa shape index (κ3) is 5.22. The summed E-state index contributed by atoms with van der Waals surface area (Å²) in [5.41, 5.74) is 2.57. The third-order valence-electron chi connectivity index (χ3n) is 3.02. The molecule has 0 aliphatic carbocycles. The van der Waals surface area contributed by atoms with Crippen LogP contribution in [-0.4, -0.2) is 12.1 Å². The number of anilines is 1. The number of rotatable bonds is 7. The Bertz CT molecular complexity index is 299. The molecule has 0 amide bonds. The van der Waals surface area contributed by atoms with Crippen LogP contribution in [0, 0.1) is 0 Å². The lowest BCUT2D eigenvalue weighted by molar-refractivity contribution is 0.589. The van der Waals surface area contributed by atoms with Crippen LogP contribution in [0.15, 0.2) is 24.3 Å². The third-order valence-corrected chi connectivity index (χ3v) is 3.02. The molecule has 2 heteroatoms. The molecule has 1 aromatic rings. The predicted octanol–water partition coefficient (Wildman–Crippen LogP) is 3.79. The maximum Gasteiger partial charge on any atom is 0.0342 e. The van der Waals surface area contributed by atoms with Gasteiger partial charge in [-0.15, -0.1) is 0 Å². The first-order valence-corrected chi connectivity index (χ1v) is 6.74. The topological polar surface area (TPSA) is 24.1 Å². The quantitative estimate of drug-likeness (QED) is 0.750. The lowest BCUT2D eigenvalue weighted by atomic mass is 10.1. The summed E-state index contributed by atoms with van der Waals surface area (Å²) in [7, 11) is 0. The number of benzene rings is 1. The standard InChI is InChI=1S/C15H26N2/c1-5-14(6-2)17-15-9-7-13(8-10-15)11-16-12(3)4/h7-10,12,14,16-17H,5-6,11H2,1-4H3. The summed E-state index contributed by atoms with van der Waals surface area (Å²) in [4.78, 5) is 0. The summed E-state index contributed by atoms with van der Waals surface area (Å²) in [6, 6.07) is 9.87. The van der Waals surface area contributed by atoms with Crippen molar-refractivity contribution in [3.63, 3.8) is 0 Å². The molecule has 0 spiro atoms. The molecule has 0 aliphatic heterocycles. The fourth-order valence-electron chi connectivity index (χ4n) is 1.77. The van der Waals surface area contributed by atoms with Crippen molar-refractivity contribution >= 4 is 5.69 Å². The summed E-state index contributed by atoms with van der Waals surface area (Å²) in [6.45, 7) is 9.74. The molecule has 0 aromatic heterocycles. The van der Waals surface area contributed by atoms with E-state index in [1.54, 1.807) is 0 Å². The Labute approximate surface area is 106 Å². The highest BCUT2D eigenvalue weighted by atomic mass is 14.9. The van der Waals surface area contributed by atoms with Crippen molar-refractivity contribution in [2.75, 3.05) is 5.32 Å². The molecule has 17 heavy (non-hydrogen) atoms. The van der Waals surface area contributed by atoms with Gasteiger partial charge in [0.1, 0.15) is 0 Å². The molecule has 0 bridgehead atoms. The van der Waals surface area contributed by atoms with Crippen LogP contribution >= 0.6 is 0 Å². The highest BCUT2D eigenvalue weighted by Crippen LogP contribution is 2.13. The summed E-state index contributed by atoms with van der Waals surface area (Å²) in [5, 5.41) is 6.97. The van der Waals surface area contributed by atoms with Crippen molar-refractivity contribution in [1.82, 2.24) is 5.32 Å². The average molecular weight is 234 g/mol. The highest BCUT2D eigenvalue weighted by Gasteiger charge is 2.02. The predicted molar refractivity (Wildman–Crippen MR) is 76.4 cm³/mol. The molecule has 2 nitrogen and oxygen atoms in total. The van der Waals surface area contributed by atoms with Crippen LogP contribution in [0.3, 0.4) is 0 Å². The molecule has 0 saturated carbocycles. The van der Waals surface area contributed by atoms with Gasteiger partial charge < -0.3 is 10.6 Å². The Kier molecular flexibility index (Phi) is 6.06. The van der Waals surface area contributed by atoms with Gasteiger partial charge in [0.15, 0.2) is 0 Å². The van der Waals surface area contributed by atoms with Crippen LogP contribution in [0.25, 0.3) is 0 Å². The van der Waals surface area contributed by atoms with Gasteiger partial charge in [0.05, 0.1) is 0 Å². The van der Waals surface area contributed by atoms with Gasteiger partial charge in [-0.05, 0) is 30.5 Å². The minimum atomic E-state index is 0.539. The molecule has 0 atom stereocenters. The van der Waals surface area contributed by atoms with E-state index in [1.165, 1.54) is 24.1 Å². The first kappa shape index (κ1) is 14.0. The first-order chi connectivity index (χ1) is 8.15. The smallest absolute Gasteiger partial charge is 0.0342 e. The number of nitrogens with one attached hydrogen (secondary N) is 2. The Morgan fingerprint density at radius 3 is 2.06 bits per heavy atom. The van der Waals surface area contributed by atoms with E-state index < -0.39 is 0 Å². The van der Waals surface area contributed by atoms with Crippen LogP contribution < -0.4 is 10.6 Å². The summed E-state index contributed by atoms with van der Waals surface area (Å²) < 4.78 is 0. The van der Waals surface area contributed by atoms with E-state index in [0.29, 0.717) is 12.1 Å². The normalized spacial score (nSPS) is 11.2. The molecule has 96 valence electrons. The Morgan fingerprint density at radius 1 is 1.00 bits per heavy atom. The maximum atomic E-state index is 3.55. The van der Waals surface area contributed by atoms with Gasteiger partial charge in [0, 0.05) is 24.3 Å². The largest absolute Gasteiger partial charge is 0.382 e. The number of hydrogen-bond acceptors (Lipinski definition) is 2. The van der Waals surface area contributed by atoms with Crippen LogP contribution in [-0.2, 0) is 6.54 Å². The molecular formula is C15H26N2. The minimum Gasteiger partial charge on any atom is -0.382 e. The first-order valence-electron chi connectivity index (χ1n) is 6.74. The van der Waals surface area contributed by atoms with Crippen molar-refractivity contribution in [2.24, 2.45) is 0 Å². The minimum absolute atomic E-state index is 0.539. The van der Waals surface area contributed by atoms with E-state index in [1.807, 2.05) is 0 Å². The van der Waals surface area contributed by atoms with Gasteiger partial charge in [0.2, 0.25) is 0 Å². The SMILES string of the molecule is CCC(CC)Nc1ccc(CNC(C)C)cc1. The summed E-state index contributed by atoms with van der Waals surface area (Å²) in [5.74, 6) is 0. The van der Waals surface area contributed by atoms with Crippen molar-refractivity contribution in [2.45, 2.75) is 59.2 Å². The molecule has 0 heterocycles. The molecule has 0 radical (unpaired) electrons. The molecular weight excluding hydrogens is 208 g/mol. The van der Waals surface area contributed by atoms with Gasteiger partial charge in [-0.1, -0.05) is 39.8 Å². The molecule has 0 unspecified atom stereocenters. The van der Waals surface area contributed by atoms with Crippen LogP contribution in [0.5, 0.6) is 0 Å². The second kappa shape index (κ2) is 7.33.